The molecule has 51 heavy (non-hydrogen) atoms. The molecule has 0 spiro atoms. The summed E-state index contributed by atoms with van der Waals surface area (Å²) in [6, 6.07) is 5.53. The van der Waals surface area contributed by atoms with Crippen molar-refractivity contribution in [1.29, 1.82) is 15.8 Å². The third-order valence-electron chi connectivity index (χ3n) is 3.76. The maximum Gasteiger partial charge on any atom is 1.00 e. The van der Waals surface area contributed by atoms with Crippen molar-refractivity contribution in [3.8, 4) is 18.2 Å². The second-order valence-corrected chi connectivity index (χ2v) is 7.97. The molecule has 0 heterocycles. The van der Waals surface area contributed by atoms with E-state index in [2.05, 4.69) is 6.58 Å². The molecule has 0 aromatic rings. The van der Waals surface area contributed by atoms with E-state index in [-0.39, 0.29) is 96.5 Å². The molecule has 0 atom stereocenters. The first-order valence-corrected chi connectivity index (χ1v) is 15.8. The van der Waals surface area contributed by atoms with Crippen LogP contribution in [0.25, 0.3) is 0 Å². The molecule has 0 aromatic carbocycles. The molecule has 0 rings (SSSR count). The Morgan fingerprint density at radius 1 is 0.510 bits per heavy atom. The van der Waals surface area contributed by atoms with Gasteiger partial charge in [-0.25, -0.2) is 0 Å². The van der Waals surface area contributed by atoms with Crippen molar-refractivity contribution in [3.63, 3.8) is 0 Å². The first-order valence-electron chi connectivity index (χ1n) is 15.8. The van der Waals surface area contributed by atoms with Crippen molar-refractivity contribution in [2.24, 2.45) is 17.2 Å². The van der Waals surface area contributed by atoms with Crippen LogP contribution in [0.3, 0.4) is 0 Å². The van der Waals surface area contributed by atoms with Gasteiger partial charge in [0.1, 0.15) is 0 Å². The summed E-state index contributed by atoms with van der Waals surface area (Å²) < 4.78 is 29.2. The van der Waals surface area contributed by atoms with E-state index in [1.54, 1.807) is 13.2 Å². The Morgan fingerprint density at radius 3 is 0.980 bits per heavy atom. The van der Waals surface area contributed by atoms with Gasteiger partial charge in [0.05, 0.1) is 124 Å². The van der Waals surface area contributed by atoms with Crippen LogP contribution in [0.4, 0.5) is 0 Å². The van der Waals surface area contributed by atoms with Gasteiger partial charge >= 0.3 is 51.4 Å². The van der Waals surface area contributed by atoms with Crippen LogP contribution in [-0.2, 0) is 28.4 Å². The minimum absolute atomic E-state index is 0. The molecule has 302 valence electrons. The number of hydrogen-bond acceptors (Lipinski definition) is 19. The zero-order valence-corrected chi connectivity index (χ0v) is 34.2. The monoisotopic (exact) mass is 772 g/mol. The number of aliphatic hydroxyl groups is 6. The van der Waals surface area contributed by atoms with Crippen LogP contribution < -0.4 is 68.6 Å². The van der Waals surface area contributed by atoms with Crippen molar-refractivity contribution >= 4 is 0 Å². The molecule has 0 amide bonds. The van der Waals surface area contributed by atoms with Crippen molar-refractivity contribution in [1.82, 2.24) is 0 Å². The predicted octanol–water partition coefficient (Wildman–Crippen LogP) is -5.00. The van der Waals surface area contributed by atoms with Gasteiger partial charge in [-0.1, -0.05) is 6.58 Å². The average molecular weight is 773 g/mol. The van der Waals surface area contributed by atoms with Crippen molar-refractivity contribution in [3.05, 3.63) is 12.7 Å². The minimum atomic E-state index is -0.125. The van der Waals surface area contributed by atoms with Gasteiger partial charge in [-0.2, -0.15) is 15.8 Å². The van der Waals surface area contributed by atoms with E-state index >= 15 is 0 Å². The number of nitrogens with two attached hydrogens (primary N) is 3. The van der Waals surface area contributed by atoms with Gasteiger partial charge in [0.25, 0.3) is 0 Å². The molecule has 0 saturated heterocycles. The Kier molecular flexibility index (Phi) is 137. The van der Waals surface area contributed by atoms with E-state index in [4.69, 9.17) is 92.0 Å². The zero-order valence-electron chi connectivity index (χ0n) is 31.1. The third-order valence-corrected chi connectivity index (χ3v) is 3.76. The Morgan fingerprint density at radius 2 is 0.784 bits per heavy atom. The van der Waals surface area contributed by atoms with Crippen LogP contribution in [-0.4, -0.2) is 175 Å². The molecule has 20 heteroatoms. The standard InChI is InChI=1S/C6H15NO2.2C5H13NO2.2C5H9NO2.C3H3N.C2H6O2.K.H2O/c1-8-5-6-9-4-2-3-7;4*6-2-1-4-8-5-3-7;1-2-3-4;3-1-2-4;;/h2-7H2,1H3;2*7H,1-6H2;2*7H,1,3-5H2;2H,1H2;3-4H,1-2H2;;1H2/q;;;;;;;+1;/p-1. The second kappa shape index (κ2) is 97.7. The summed E-state index contributed by atoms with van der Waals surface area (Å²) in [5.74, 6) is 0. The number of nitrogens with zero attached hydrogens (tertiary/aromatic N) is 3. The van der Waals surface area contributed by atoms with Gasteiger partial charge in [0.15, 0.2) is 0 Å². The molecule has 0 aliphatic rings. The maximum atomic E-state index is 8.21. The summed E-state index contributed by atoms with van der Waals surface area (Å²) in [5.41, 5.74) is 15.6. The van der Waals surface area contributed by atoms with E-state index in [0.717, 1.165) is 25.9 Å². The molecule has 13 N–H and O–H groups in total. The molecule has 19 nitrogen and oxygen atoms in total. The zero-order chi connectivity index (χ0) is 38.7. The molecule has 0 saturated carbocycles. The Labute approximate surface area is 348 Å². The Hall–Kier alpha value is -0.794. The minimum Gasteiger partial charge on any atom is -0.870 e. The van der Waals surface area contributed by atoms with Crippen molar-refractivity contribution < 1.29 is 116 Å². The Bertz CT molecular complexity index is 580. The largest absolute Gasteiger partial charge is 1.00 e. The van der Waals surface area contributed by atoms with Crippen LogP contribution in [0.2, 0.25) is 0 Å². The van der Waals surface area contributed by atoms with Gasteiger partial charge in [-0.05, 0) is 38.9 Å². The molecule has 0 radical (unpaired) electrons. The van der Waals surface area contributed by atoms with Crippen LogP contribution >= 0.6 is 0 Å². The number of allylic oxidation sites excluding steroid dienone is 1. The third kappa shape index (κ3) is 148. The normalized spacial score (nSPS) is 8.37. The number of rotatable bonds is 25. The van der Waals surface area contributed by atoms with Gasteiger partial charge < -0.3 is 81.7 Å². The average Bonchev–Trinajstić information content (AvgIpc) is 3.14. The first kappa shape index (κ1) is 71.6. The summed E-state index contributed by atoms with van der Waals surface area (Å²) in [5, 5.41) is 71.4. The van der Waals surface area contributed by atoms with E-state index in [1.807, 2.05) is 12.1 Å². The predicted molar refractivity (Wildman–Crippen MR) is 188 cm³/mol. The maximum absolute atomic E-state index is 8.21. The summed E-state index contributed by atoms with van der Waals surface area (Å²) >= 11 is 0. The molecule has 0 aliphatic carbocycles. The van der Waals surface area contributed by atoms with Crippen LogP contribution in [0, 0.1) is 34.0 Å². The number of methoxy groups -OCH3 is 1. The molecular formula is C31H69KN6O13. The fourth-order valence-corrected chi connectivity index (χ4v) is 1.70. The van der Waals surface area contributed by atoms with Gasteiger partial charge in [0.2, 0.25) is 0 Å². The van der Waals surface area contributed by atoms with Gasteiger partial charge in [0, 0.05) is 33.0 Å². The fraction of sp³-hybridized carbons (Fsp3) is 0.839. The number of ether oxygens (including phenoxy) is 6. The molecule has 0 fully saturated rings. The van der Waals surface area contributed by atoms with Gasteiger partial charge in [-0.3, -0.25) is 0 Å². The summed E-state index contributed by atoms with van der Waals surface area (Å²) in [6.07, 6.45) is 4.67. The summed E-state index contributed by atoms with van der Waals surface area (Å²) in [7, 11) is 1.66. The quantitative estimate of drug-likeness (QED) is 0.0238. The molecule has 0 bridgehead atoms. The number of hydrogen-bond donors (Lipinski definition) is 9. The van der Waals surface area contributed by atoms with E-state index in [9.17, 15) is 0 Å². The molecular weight excluding hydrogens is 703 g/mol. The SMILES string of the molecule is C=CC#N.COCCOCCCN.N#CCCOCCO.N#CCCOCCO.NCCCOCCO.NCCCOCCO.OCCO.[K+].[OH-]. The smallest absolute Gasteiger partial charge is 0.870 e. The first-order chi connectivity index (χ1) is 23.9. The summed E-state index contributed by atoms with van der Waals surface area (Å²) in [4.78, 5) is 0. The fourth-order valence-electron chi connectivity index (χ4n) is 1.70. The number of nitriles is 3. The van der Waals surface area contributed by atoms with Crippen molar-refractivity contribution in [2.75, 3.05) is 139 Å². The summed E-state index contributed by atoms with van der Waals surface area (Å²) in [6.45, 7) is 11.0. The van der Waals surface area contributed by atoms with Crippen LogP contribution in [0.1, 0.15) is 32.1 Å². The van der Waals surface area contributed by atoms with Crippen LogP contribution in [0.5, 0.6) is 0 Å². The van der Waals surface area contributed by atoms with E-state index in [1.165, 1.54) is 6.08 Å². The molecule has 0 unspecified atom stereocenters. The van der Waals surface area contributed by atoms with Crippen LogP contribution in [0.15, 0.2) is 12.7 Å². The van der Waals surface area contributed by atoms with E-state index in [0.29, 0.717) is 98.5 Å². The second-order valence-electron chi connectivity index (χ2n) is 7.97. The van der Waals surface area contributed by atoms with E-state index < -0.39 is 0 Å². The van der Waals surface area contributed by atoms with Crippen molar-refractivity contribution in [2.45, 2.75) is 32.1 Å². The molecule has 0 aromatic heterocycles. The topological polar surface area (TPSA) is 356 Å². The number of aliphatic hydroxyl groups excluding tert-OH is 6. The molecule has 0 aliphatic heterocycles. The Balaban J connectivity index is -0.0000000582. The van der Waals surface area contributed by atoms with Gasteiger partial charge in [-0.15, -0.1) is 0 Å².